The number of likely N-dealkylation sites (tertiary alicyclic amines) is 1. The average molecular weight is 432 g/mol. The number of aromatic nitrogens is 1. The number of pyridine rings is 1. The predicted octanol–water partition coefficient (Wildman–Crippen LogP) is 4.45. The SMILES string of the molecule is Cc1cccc(Nc2cc(Nc3ccc(OCCN4CCCC4)cc3)ncc2C(N)=O)c1. The summed E-state index contributed by atoms with van der Waals surface area (Å²) in [4.78, 5) is 18.6. The monoisotopic (exact) mass is 431 g/mol. The van der Waals surface area contributed by atoms with Crippen LogP contribution in [-0.2, 0) is 0 Å². The van der Waals surface area contributed by atoms with Gasteiger partial charge in [0.25, 0.3) is 5.91 Å². The zero-order valence-electron chi connectivity index (χ0n) is 18.3. The summed E-state index contributed by atoms with van der Waals surface area (Å²) in [6.45, 7) is 6.02. The van der Waals surface area contributed by atoms with Gasteiger partial charge < -0.3 is 21.1 Å². The van der Waals surface area contributed by atoms with Crippen LogP contribution in [0.25, 0.3) is 0 Å². The van der Waals surface area contributed by atoms with Crippen LogP contribution in [0, 0.1) is 6.92 Å². The zero-order chi connectivity index (χ0) is 22.3. The Bertz CT molecular complexity index is 1060. The molecule has 4 rings (SSSR count). The van der Waals surface area contributed by atoms with Crippen molar-refractivity contribution in [3.8, 4) is 5.75 Å². The molecule has 4 N–H and O–H groups in total. The number of nitrogens with zero attached hydrogens (tertiary/aromatic N) is 2. The van der Waals surface area contributed by atoms with Crippen molar-refractivity contribution >= 4 is 28.8 Å². The Morgan fingerprint density at radius 3 is 2.56 bits per heavy atom. The van der Waals surface area contributed by atoms with E-state index >= 15 is 0 Å². The highest BCUT2D eigenvalue weighted by atomic mass is 16.5. The van der Waals surface area contributed by atoms with Gasteiger partial charge in [0.1, 0.15) is 18.2 Å². The van der Waals surface area contributed by atoms with E-state index in [4.69, 9.17) is 10.5 Å². The lowest BCUT2D eigenvalue weighted by Gasteiger charge is -2.15. The lowest BCUT2D eigenvalue weighted by atomic mass is 10.2. The minimum absolute atomic E-state index is 0.332. The molecular formula is C25H29N5O2. The Morgan fingerprint density at radius 2 is 1.84 bits per heavy atom. The Kier molecular flexibility index (Phi) is 6.87. The number of carbonyl (C=O) groups excluding carboxylic acids is 1. The summed E-state index contributed by atoms with van der Waals surface area (Å²) in [5, 5.41) is 6.54. The van der Waals surface area contributed by atoms with Gasteiger partial charge in [0.15, 0.2) is 0 Å². The number of hydrogen-bond donors (Lipinski definition) is 3. The van der Waals surface area contributed by atoms with E-state index in [0.29, 0.717) is 23.7 Å². The number of nitrogens with one attached hydrogen (secondary N) is 2. The van der Waals surface area contributed by atoms with Crippen molar-refractivity contribution in [2.75, 3.05) is 36.9 Å². The molecule has 1 aliphatic rings. The van der Waals surface area contributed by atoms with Crippen molar-refractivity contribution < 1.29 is 9.53 Å². The maximum atomic E-state index is 11.9. The van der Waals surface area contributed by atoms with Crippen LogP contribution < -0.4 is 21.1 Å². The average Bonchev–Trinajstić information content (AvgIpc) is 3.29. The zero-order valence-corrected chi connectivity index (χ0v) is 18.3. The molecule has 7 nitrogen and oxygen atoms in total. The fourth-order valence-corrected chi connectivity index (χ4v) is 3.78. The Morgan fingerprint density at radius 1 is 1.06 bits per heavy atom. The standard InChI is InChI=1S/C25H29N5O2/c1-18-5-4-6-20(15-18)28-23-16-24(27-17-22(23)25(26)31)29-19-7-9-21(10-8-19)32-14-13-30-11-2-3-12-30/h4-10,15-17H,2-3,11-14H2,1H3,(H2,26,31)(H2,27,28,29). The van der Waals surface area contributed by atoms with Gasteiger partial charge in [-0.25, -0.2) is 4.98 Å². The summed E-state index contributed by atoms with van der Waals surface area (Å²) in [5.41, 5.74) is 9.34. The molecule has 1 aromatic heterocycles. The topological polar surface area (TPSA) is 92.5 Å². The van der Waals surface area contributed by atoms with Crippen LogP contribution >= 0.6 is 0 Å². The largest absolute Gasteiger partial charge is 0.492 e. The number of ether oxygens (including phenoxy) is 1. The Labute approximate surface area is 188 Å². The molecular weight excluding hydrogens is 402 g/mol. The van der Waals surface area contributed by atoms with E-state index in [1.165, 1.54) is 32.1 Å². The summed E-state index contributed by atoms with van der Waals surface area (Å²) in [5.74, 6) is 0.913. The molecule has 1 fully saturated rings. The fourth-order valence-electron chi connectivity index (χ4n) is 3.78. The molecule has 3 aromatic rings. The Balaban J connectivity index is 1.41. The van der Waals surface area contributed by atoms with Crippen molar-refractivity contribution in [3.05, 3.63) is 71.9 Å². The van der Waals surface area contributed by atoms with Gasteiger partial charge in [-0.1, -0.05) is 12.1 Å². The van der Waals surface area contributed by atoms with Crippen molar-refractivity contribution in [3.63, 3.8) is 0 Å². The van der Waals surface area contributed by atoms with Gasteiger partial charge in [0, 0.05) is 30.2 Å². The number of anilines is 4. The Hall–Kier alpha value is -3.58. The normalized spacial score (nSPS) is 13.7. The first kappa shape index (κ1) is 21.6. The second kappa shape index (κ2) is 10.2. The smallest absolute Gasteiger partial charge is 0.252 e. The van der Waals surface area contributed by atoms with Crippen molar-refractivity contribution in [1.82, 2.24) is 9.88 Å². The highest BCUT2D eigenvalue weighted by molar-refractivity contribution is 5.99. The van der Waals surface area contributed by atoms with Crippen LogP contribution in [0.5, 0.6) is 5.75 Å². The number of benzene rings is 2. The first-order valence-corrected chi connectivity index (χ1v) is 10.9. The van der Waals surface area contributed by atoms with E-state index in [9.17, 15) is 4.79 Å². The highest BCUT2D eigenvalue weighted by Crippen LogP contribution is 2.26. The third-order valence-corrected chi connectivity index (χ3v) is 5.47. The molecule has 2 aromatic carbocycles. The molecule has 0 bridgehead atoms. The molecule has 0 radical (unpaired) electrons. The van der Waals surface area contributed by atoms with Crippen LogP contribution in [0.3, 0.4) is 0 Å². The van der Waals surface area contributed by atoms with Gasteiger partial charge >= 0.3 is 0 Å². The maximum absolute atomic E-state index is 11.9. The molecule has 0 aliphatic carbocycles. The summed E-state index contributed by atoms with van der Waals surface area (Å²) in [6, 6.07) is 17.5. The van der Waals surface area contributed by atoms with Crippen molar-refractivity contribution in [2.45, 2.75) is 19.8 Å². The second-order valence-electron chi connectivity index (χ2n) is 8.02. The van der Waals surface area contributed by atoms with Gasteiger partial charge in [-0.3, -0.25) is 9.69 Å². The van der Waals surface area contributed by atoms with Gasteiger partial charge in [-0.15, -0.1) is 0 Å². The number of hydrogen-bond acceptors (Lipinski definition) is 6. The van der Waals surface area contributed by atoms with Crippen molar-refractivity contribution in [2.24, 2.45) is 5.73 Å². The summed E-state index contributed by atoms with van der Waals surface area (Å²) in [6.07, 6.45) is 4.06. The number of carbonyl (C=O) groups is 1. The van der Waals surface area contributed by atoms with Crippen LogP contribution in [0.2, 0.25) is 0 Å². The summed E-state index contributed by atoms with van der Waals surface area (Å²) < 4.78 is 5.86. The minimum Gasteiger partial charge on any atom is -0.492 e. The van der Waals surface area contributed by atoms with Gasteiger partial charge in [-0.2, -0.15) is 0 Å². The molecule has 32 heavy (non-hydrogen) atoms. The molecule has 2 heterocycles. The third kappa shape index (κ3) is 5.76. The van der Waals surface area contributed by atoms with E-state index in [1.807, 2.05) is 55.5 Å². The van der Waals surface area contributed by atoms with E-state index in [-0.39, 0.29) is 0 Å². The molecule has 1 amide bonds. The summed E-state index contributed by atoms with van der Waals surface area (Å²) >= 11 is 0. The van der Waals surface area contributed by atoms with E-state index in [0.717, 1.165) is 29.2 Å². The number of nitrogens with two attached hydrogens (primary N) is 1. The molecule has 166 valence electrons. The lowest BCUT2D eigenvalue weighted by molar-refractivity contribution is 0.100. The predicted molar refractivity (Wildman–Crippen MR) is 128 cm³/mol. The van der Waals surface area contributed by atoms with E-state index in [2.05, 4.69) is 20.5 Å². The van der Waals surface area contributed by atoms with E-state index in [1.54, 1.807) is 6.07 Å². The lowest BCUT2D eigenvalue weighted by Crippen LogP contribution is -2.25. The van der Waals surface area contributed by atoms with Crippen LogP contribution in [-0.4, -0.2) is 42.0 Å². The number of primary amides is 1. The quantitative estimate of drug-likeness (QED) is 0.464. The highest BCUT2D eigenvalue weighted by Gasteiger charge is 2.12. The summed E-state index contributed by atoms with van der Waals surface area (Å²) in [7, 11) is 0. The third-order valence-electron chi connectivity index (χ3n) is 5.47. The molecule has 0 spiro atoms. The van der Waals surface area contributed by atoms with Crippen LogP contribution in [0.1, 0.15) is 28.8 Å². The van der Waals surface area contributed by atoms with Crippen LogP contribution in [0.15, 0.2) is 60.8 Å². The molecule has 0 saturated carbocycles. The number of aryl methyl sites for hydroxylation is 1. The maximum Gasteiger partial charge on any atom is 0.252 e. The second-order valence-corrected chi connectivity index (χ2v) is 8.02. The fraction of sp³-hybridized carbons (Fsp3) is 0.280. The van der Waals surface area contributed by atoms with Gasteiger partial charge in [-0.05, 0) is 74.8 Å². The number of amides is 1. The van der Waals surface area contributed by atoms with Gasteiger partial charge in [0.05, 0.1) is 11.3 Å². The first-order valence-electron chi connectivity index (χ1n) is 10.9. The van der Waals surface area contributed by atoms with Crippen molar-refractivity contribution in [1.29, 1.82) is 0 Å². The van der Waals surface area contributed by atoms with Gasteiger partial charge in [0.2, 0.25) is 0 Å². The minimum atomic E-state index is -0.533. The molecule has 0 unspecified atom stereocenters. The molecule has 0 atom stereocenters. The molecule has 1 saturated heterocycles. The number of rotatable bonds is 9. The van der Waals surface area contributed by atoms with Crippen LogP contribution in [0.4, 0.5) is 22.9 Å². The van der Waals surface area contributed by atoms with E-state index < -0.39 is 5.91 Å². The first-order chi connectivity index (χ1) is 15.6. The molecule has 7 heteroatoms. The molecule has 1 aliphatic heterocycles.